The average molecular weight is 326 g/mol. The standard InChI is InChI=1S/C17H14N2O3S/c20-19(21)13-4-3-5-14(12-13)22-10-11-23-17-8-9-18-16-7-2-1-6-15(16)17/h1-9,12H,10-11H2. The molecule has 0 bridgehead atoms. The van der Waals surface area contributed by atoms with Crippen LogP contribution in [0.5, 0.6) is 5.75 Å². The molecular formula is C17H14N2O3S. The van der Waals surface area contributed by atoms with Crippen LogP contribution >= 0.6 is 11.8 Å². The molecule has 0 saturated carbocycles. The van der Waals surface area contributed by atoms with Gasteiger partial charge in [-0.1, -0.05) is 24.3 Å². The Morgan fingerprint density at radius 1 is 1.13 bits per heavy atom. The molecule has 6 heteroatoms. The van der Waals surface area contributed by atoms with E-state index < -0.39 is 4.92 Å². The lowest BCUT2D eigenvalue weighted by molar-refractivity contribution is -0.384. The fraction of sp³-hybridized carbons (Fsp3) is 0.118. The zero-order valence-electron chi connectivity index (χ0n) is 12.2. The summed E-state index contributed by atoms with van der Waals surface area (Å²) in [4.78, 5) is 15.8. The lowest BCUT2D eigenvalue weighted by atomic mass is 10.2. The number of nitrogens with zero attached hydrogens (tertiary/aromatic N) is 2. The Kier molecular flexibility index (Phi) is 4.73. The van der Waals surface area contributed by atoms with Gasteiger partial charge in [-0.25, -0.2) is 0 Å². The van der Waals surface area contributed by atoms with E-state index in [4.69, 9.17) is 4.74 Å². The summed E-state index contributed by atoms with van der Waals surface area (Å²) in [7, 11) is 0. The minimum Gasteiger partial charge on any atom is -0.492 e. The monoisotopic (exact) mass is 326 g/mol. The second kappa shape index (κ2) is 7.11. The summed E-state index contributed by atoms with van der Waals surface area (Å²) in [5.74, 6) is 1.26. The molecular weight excluding hydrogens is 312 g/mol. The summed E-state index contributed by atoms with van der Waals surface area (Å²) in [5.41, 5.74) is 1.01. The van der Waals surface area contributed by atoms with E-state index in [-0.39, 0.29) is 5.69 Å². The fourth-order valence-corrected chi connectivity index (χ4v) is 3.07. The van der Waals surface area contributed by atoms with Crippen molar-refractivity contribution in [1.82, 2.24) is 4.98 Å². The molecule has 0 unspecified atom stereocenters. The first-order valence-electron chi connectivity index (χ1n) is 7.08. The van der Waals surface area contributed by atoms with Crippen molar-refractivity contribution in [2.24, 2.45) is 0 Å². The first-order chi connectivity index (χ1) is 11.2. The number of hydrogen-bond donors (Lipinski definition) is 0. The van der Waals surface area contributed by atoms with Gasteiger partial charge in [-0.05, 0) is 18.2 Å². The number of thioether (sulfide) groups is 1. The summed E-state index contributed by atoms with van der Waals surface area (Å²) < 4.78 is 5.59. The zero-order valence-corrected chi connectivity index (χ0v) is 13.0. The van der Waals surface area contributed by atoms with Gasteiger partial charge in [0.25, 0.3) is 5.69 Å². The van der Waals surface area contributed by atoms with E-state index >= 15 is 0 Å². The van der Waals surface area contributed by atoms with Crippen molar-refractivity contribution >= 4 is 28.4 Å². The number of rotatable bonds is 6. The molecule has 0 fully saturated rings. The number of pyridine rings is 1. The van der Waals surface area contributed by atoms with Gasteiger partial charge in [-0.15, -0.1) is 11.8 Å². The molecule has 1 aromatic heterocycles. The number of ether oxygens (including phenoxy) is 1. The van der Waals surface area contributed by atoms with Crippen molar-refractivity contribution in [2.75, 3.05) is 12.4 Å². The summed E-state index contributed by atoms with van der Waals surface area (Å²) in [6.07, 6.45) is 1.80. The molecule has 5 nitrogen and oxygen atoms in total. The Morgan fingerprint density at radius 2 is 2.00 bits per heavy atom. The van der Waals surface area contributed by atoms with E-state index in [1.807, 2.05) is 30.3 Å². The predicted molar refractivity (Wildman–Crippen MR) is 91.1 cm³/mol. The normalized spacial score (nSPS) is 10.6. The number of non-ortho nitro benzene ring substituents is 1. The molecule has 0 spiro atoms. The van der Waals surface area contributed by atoms with E-state index in [1.165, 1.54) is 12.1 Å². The van der Waals surface area contributed by atoms with Crippen molar-refractivity contribution in [3.63, 3.8) is 0 Å². The molecule has 3 aromatic rings. The highest BCUT2D eigenvalue weighted by Crippen LogP contribution is 2.26. The largest absolute Gasteiger partial charge is 0.492 e. The van der Waals surface area contributed by atoms with E-state index in [0.717, 1.165) is 21.6 Å². The van der Waals surface area contributed by atoms with Crippen LogP contribution in [0.25, 0.3) is 10.9 Å². The molecule has 116 valence electrons. The molecule has 0 atom stereocenters. The van der Waals surface area contributed by atoms with Crippen LogP contribution < -0.4 is 4.74 Å². The van der Waals surface area contributed by atoms with Crippen LogP contribution in [-0.2, 0) is 0 Å². The third kappa shape index (κ3) is 3.78. The Labute approximate surface area is 137 Å². The quantitative estimate of drug-likeness (QED) is 0.292. The summed E-state index contributed by atoms with van der Waals surface area (Å²) >= 11 is 1.68. The summed E-state index contributed by atoms with van der Waals surface area (Å²) in [5, 5.41) is 11.9. The first kappa shape index (κ1) is 15.3. The third-order valence-electron chi connectivity index (χ3n) is 3.25. The number of aromatic nitrogens is 1. The molecule has 0 aliphatic rings. The van der Waals surface area contributed by atoms with Crippen molar-refractivity contribution in [1.29, 1.82) is 0 Å². The Hall–Kier alpha value is -2.60. The second-order valence-corrected chi connectivity index (χ2v) is 5.91. The molecule has 0 radical (unpaired) electrons. The van der Waals surface area contributed by atoms with Gasteiger partial charge in [0, 0.05) is 28.3 Å². The van der Waals surface area contributed by atoms with Gasteiger partial charge in [-0.2, -0.15) is 0 Å². The van der Waals surface area contributed by atoms with Gasteiger partial charge in [0.1, 0.15) is 5.75 Å². The van der Waals surface area contributed by atoms with Gasteiger partial charge in [0.15, 0.2) is 0 Å². The van der Waals surface area contributed by atoms with E-state index in [9.17, 15) is 10.1 Å². The predicted octanol–water partition coefficient (Wildman–Crippen LogP) is 4.31. The Balaban J connectivity index is 1.59. The average Bonchev–Trinajstić information content (AvgIpc) is 2.59. The third-order valence-corrected chi connectivity index (χ3v) is 4.28. The van der Waals surface area contributed by atoms with Crippen molar-refractivity contribution < 1.29 is 9.66 Å². The highest BCUT2D eigenvalue weighted by Gasteiger charge is 2.06. The maximum Gasteiger partial charge on any atom is 0.273 e. The lowest BCUT2D eigenvalue weighted by Crippen LogP contribution is -2.00. The van der Waals surface area contributed by atoms with E-state index in [2.05, 4.69) is 4.98 Å². The molecule has 23 heavy (non-hydrogen) atoms. The zero-order chi connectivity index (χ0) is 16.1. The number of para-hydroxylation sites is 1. The molecule has 0 aliphatic heterocycles. The fourth-order valence-electron chi connectivity index (χ4n) is 2.19. The number of hydrogen-bond acceptors (Lipinski definition) is 5. The second-order valence-electron chi connectivity index (χ2n) is 4.78. The molecule has 3 rings (SSSR count). The van der Waals surface area contributed by atoms with Crippen LogP contribution in [0.4, 0.5) is 5.69 Å². The SMILES string of the molecule is O=[N+]([O-])c1cccc(OCCSc2ccnc3ccccc23)c1. The summed E-state index contributed by atoms with van der Waals surface area (Å²) in [6, 6.07) is 16.2. The van der Waals surface area contributed by atoms with Crippen LogP contribution in [0, 0.1) is 10.1 Å². The molecule has 1 heterocycles. The van der Waals surface area contributed by atoms with Gasteiger partial charge < -0.3 is 4.74 Å². The first-order valence-corrected chi connectivity index (χ1v) is 8.06. The molecule has 2 aromatic carbocycles. The maximum atomic E-state index is 10.7. The highest BCUT2D eigenvalue weighted by atomic mass is 32.2. The molecule has 0 saturated heterocycles. The number of benzene rings is 2. The van der Waals surface area contributed by atoms with Gasteiger partial charge in [-0.3, -0.25) is 15.1 Å². The summed E-state index contributed by atoms with van der Waals surface area (Å²) in [6.45, 7) is 0.475. The van der Waals surface area contributed by atoms with Crippen LogP contribution in [0.3, 0.4) is 0 Å². The van der Waals surface area contributed by atoms with Crippen LogP contribution in [0.2, 0.25) is 0 Å². The van der Waals surface area contributed by atoms with Crippen LogP contribution in [-0.4, -0.2) is 22.3 Å². The van der Waals surface area contributed by atoms with Crippen LogP contribution in [0.15, 0.2) is 65.7 Å². The van der Waals surface area contributed by atoms with Gasteiger partial charge in [0.2, 0.25) is 0 Å². The van der Waals surface area contributed by atoms with Crippen molar-refractivity contribution in [3.8, 4) is 5.75 Å². The van der Waals surface area contributed by atoms with E-state index in [0.29, 0.717) is 12.4 Å². The topological polar surface area (TPSA) is 65.3 Å². The number of nitro groups is 1. The number of fused-ring (bicyclic) bond motifs is 1. The minimum atomic E-state index is -0.426. The smallest absolute Gasteiger partial charge is 0.273 e. The molecule has 0 amide bonds. The molecule has 0 N–H and O–H groups in total. The van der Waals surface area contributed by atoms with Gasteiger partial charge in [0.05, 0.1) is 23.1 Å². The Bertz CT molecular complexity index is 833. The molecule has 0 aliphatic carbocycles. The lowest BCUT2D eigenvalue weighted by Gasteiger charge is -2.07. The van der Waals surface area contributed by atoms with E-state index in [1.54, 1.807) is 30.1 Å². The van der Waals surface area contributed by atoms with Crippen molar-refractivity contribution in [2.45, 2.75) is 4.90 Å². The van der Waals surface area contributed by atoms with Crippen molar-refractivity contribution in [3.05, 3.63) is 70.9 Å². The highest BCUT2D eigenvalue weighted by molar-refractivity contribution is 7.99. The number of nitro benzene ring substituents is 1. The minimum absolute atomic E-state index is 0.0373. The van der Waals surface area contributed by atoms with Gasteiger partial charge >= 0.3 is 0 Å². The maximum absolute atomic E-state index is 10.7. The Morgan fingerprint density at radius 3 is 2.87 bits per heavy atom. The van der Waals surface area contributed by atoms with Crippen LogP contribution in [0.1, 0.15) is 0 Å².